The third-order valence-corrected chi connectivity index (χ3v) is 3.46. The average molecular weight is 373 g/mol. The highest BCUT2D eigenvalue weighted by atomic mass is 32.1. The number of carboxylic acid groups (broad SMARTS) is 2. The van der Waals surface area contributed by atoms with Crippen LogP contribution in [-0.2, 0) is 16.1 Å². The number of nitrogens with zero attached hydrogens (tertiary/aromatic N) is 3. The van der Waals surface area contributed by atoms with Crippen LogP contribution in [0.2, 0.25) is 0 Å². The van der Waals surface area contributed by atoms with E-state index in [-0.39, 0.29) is 6.42 Å². The van der Waals surface area contributed by atoms with Gasteiger partial charge < -0.3 is 15.0 Å². The zero-order valence-electron chi connectivity index (χ0n) is 12.4. The van der Waals surface area contributed by atoms with E-state index in [2.05, 4.69) is 4.98 Å². The number of aromatic nitrogens is 2. The summed E-state index contributed by atoms with van der Waals surface area (Å²) in [7, 11) is 0. The summed E-state index contributed by atoms with van der Waals surface area (Å²) in [4.78, 5) is 23.4. The molecule has 1 N–H and O–H groups in total. The Morgan fingerprint density at radius 3 is 2.32 bits per heavy atom. The third-order valence-electron chi connectivity index (χ3n) is 2.57. The van der Waals surface area contributed by atoms with Crippen LogP contribution in [-0.4, -0.2) is 28.2 Å². The van der Waals surface area contributed by atoms with Crippen LogP contribution in [0.1, 0.15) is 12.1 Å². The molecule has 11 heteroatoms. The summed E-state index contributed by atoms with van der Waals surface area (Å²) in [5, 5.41) is 28.6. The van der Waals surface area contributed by atoms with Gasteiger partial charge in [-0.1, -0.05) is 0 Å². The molecule has 0 bridgehead atoms. The first-order chi connectivity index (χ1) is 11.6. The lowest BCUT2D eigenvalue weighted by Crippen LogP contribution is -2.37. The Morgan fingerprint density at radius 1 is 1.36 bits per heavy atom. The van der Waals surface area contributed by atoms with Gasteiger partial charge in [-0.25, -0.2) is 9.55 Å². The second-order valence-corrected chi connectivity index (χ2v) is 5.26. The largest absolute Gasteiger partial charge is 0.542 e. The molecule has 0 aliphatic carbocycles. The minimum absolute atomic E-state index is 0.0971. The van der Waals surface area contributed by atoms with Crippen LogP contribution in [0.4, 0.5) is 13.2 Å². The maximum Gasteiger partial charge on any atom is 0.430 e. The summed E-state index contributed by atoms with van der Waals surface area (Å²) in [6.45, 7) is 0.441. The van der Waals surface area contributed by atoms with Crippen molar-refractivity contribution in [2.45, 2.75) is 19.1 Å². The lowest BCUT2D eigenvalue weighted by molar-refractivity contribution is -0.695. The molecule has 0 atom stereocenters. The van der Waals surface area contributed by atoms with Gasteiger partial charge in [0.15, 0.2) is 24.6 Å². The van der Waals surface area contributed by atoms with E-state index in [0.29, 0.717) is 12.2 Å². The Balaban J connectivity index is 0.000000381. The van der Waals surface area contributed by atoms with Gasteiger partial charge in [0.1, 0.15) is 23.5 Å². The monoisotopic (exact) mass is 373 g/mol. The fourth-order valence-corrected chi connectivity index (χ4v) is 2.18. The van der Waals surface area contributed by atoms with Crippen LogP contribution in [0.15, 0.2) is 29.9 Å². The van der Waals surface area contributed by atoms with E-state index in [9.17, 15) is 18.0 Å². The summed E-state index contributed by atoms with van der Waals surface area (Å²) in [6.07, 6.45) is -1.47. The molecule has 0 aliphatic heterocycles. The van der Waals surface area contributed by atoms with E-state index >= 15 is 0 Å². The Bertz CT molecular complexity index is 782. The molecule has 25 heavy (non-hydrogen) atoms. The summed E-state index contributed by atoms with van der Waals surface area (Å²) in [5.74, 6) is -3.82. The number of pyridine rings is 1. The fourth-order valence-electron chi connectivity index (χ4n) is 1.43. The van der Waals surface area contributed by atoms with Gasteiger partial charge in [-0.2, -0.15) is 18.4 Å². The summed E-state index contributed by atoms with van der Waals surface area (Å²) >= 11 is 1.41. The summed E-state index contributed by atoms with van der Waals surface area (Å²) < 4.78 is 33.4. The Hall–Kier alpha value is -3.00. The zero-order valence-corrected chi connectivity index (χ0v) is 13.2. The molecule has 132 valence electrons. The van der Waals surface area contributed by atoms with Crippen molar-refractivity contribution in [2.24, 2.45) is 0 Å². The molecular weight excluding hydrogens is 363 g/mol. The predicted molar refractivity (Wildman–Crippen MR) is 75.8 cm³/mol. The minimum Gasteiger partial charge on any atom is -0.542 e. The normalized spacial score (nSPS) is 10.3. The molecule has 0 aromatic carbocycles. The number of thiazole rings is 1. The Kier molecular flexibility index (Phi) is 7.01. The second kappa shape index (κ2) is 8.74. The topological polar surface area (TPSA) is 118 Å². The number of alkyl halides is 3. The Morgan fingerprint density at radius 2 is 1.92 bits per heavy atom. The van der Waals surface area contributed by atoms with Crippen LogP contribution in [0.3, 0.4) is 0 Å². The minimum atomic E-state index is -5.19. The molecule has 0 saturated heterocycles. The average Bonchev–Trinajstić information content (AvgIpc) is 3.02. The van der Waals surface area contributed by atoms with Gasteiger partial charge >= 0.3 is 12.1 Å². The van der Waals surface area contributed by atoms with Crippen molar-refractivity contribution in [1.82, 2.24) is 4.98 Å². The van der Waals surface area contributed by atoms with Gasteiger partial charge in [-0.05, 0) is 0 Å². The van der Waals surface area contributed by atoms with Crippen molar-refractivity contribution in [1.29, 1.82) is 5.26 Å². The molecule has 2 aromatic rings. The van der Waals surface area contributed by atoms with Gasteiger partial charge in [-0.15, -0.1) is 11.3 Å². The van der Waals surface area contributed by atoms with Gasteiger partial charge in [0, 0.05) is 23.1 Å². The number of hydrogen-bond acceptors (Lipinski definition) is 6. The Labute approximate surface area is 143 Å². The van der Waals surface area contributed by atoms with E-state index in [1.807, 2.05) is 30.6 Å². The van der Waals surface area contributed by atoms with E-state index in [1.165, 1.54) is 11.3 Å². The molecule has 0 aliphatic rings. The molecule has 2 aromatic heterocycles. The number of hydrogen-bond donors (Lipinski definition) is 1. The number of nitriles is 1. The van der Waals surface area contributed by atoms with E-state index < -0.39 is 18.1 Å². The van der Waals surface area contributed by atoms with Gasteiger partial charge in [-0.3, -0.25) is 4.79 Å². The second-order valence-electron chi connectivity index (χ2n) is 4.40. The van der Waals surface area contributed by atoms with Crippen LogP contribution < -0.4 is 9.67 Å². The van der Waals surface area contributed by atoms with E-state index in [0.717, 1.165) is 10.6 Å². The van der Waals surface area contributed by atoms with Crippen LogP contribution >= 0.6 is 11.3 Å². The van der Waals surface area contributed by atoms with E-state index in [4.69, 9.17) is 20.3 Å². The molecule has 0 fully saturated rings. The lowest BCUT2D eigenvalue weighted by Gasteiger charge is -2.03. The quantitative estimate of drug-likeness (QED) is 0.790. The molecular formula is C14H10F3N3O4S. The molecule has 0 amide bonds. The molecule has 0 radical (unpaired) electrons. The van der Waals surface area contributed by atoms with E-state index in [1.54, 1.807) is 9.95 Å². The standard InChI is InChI=1S/C12H9N3O2S.C2HF3O2/c13-7-10-8-18-12(14-10)9-1-4-15(5-2-9)6-3-11(16)17;3-2(4,5)1(6)7/h1-2,4-5,8H,3,6H2;(H,6,7). The first-order valence-electron chi connectivity index (χ1n) is 6.48. The molecule has 7 nitrogen and oxygen atoms in total. The number of carbonyl (C=O) groups excluding carboxylic acids is 1. The highest BCUT2D eigenvalue weighted by Crippen LogP contribution is 2.22. The highest BCUT2D eigenvalue weighted by Gasteiger charge is 2.28. The van der Waals surface area contributed by atoms with Crippen LogP contribution in [0, 0.1) is 11.3 Å². The number of halogens is 3. The first-order valence-corrected chi connectivity index (χ1v) is 7.36. The SMILES string of the molecule is N#Cc1csc(-c2cc[n+](CCC(=O)O)cc2)n1.O=C([O-])C(F)(F)F. The predicted octanol–water partition coefficient (Wildman–Crippen LogP) is 0.743. The fraction of sp³-hybridized carbons (Fsp3) is 0.214. The maximum absolute atomic E-state index is 10.5. The van der Waals surface area contributed by atoms with Gasteiger partial charge in [0.25, 0.3) is 0 Å². The lowest BCUT2D eigenvalue weighted by atomic mass is 10.3. The zero-order chi connectivity index (χ0) is 19.0. The maximum atomic E-state index is 10.5. The summed E-state index contributed by atoms with van der Waals surface area (Å²) in [6, 6.07) is 5.72. The van der Waals surface area contributed by atoms with Gasteiger partial charge in [0.05, 0.1) is 0 Å². The first kappa shape index (κ1) is 20.0. The molecule has 0 saturated carbocycles. The number of aliphatic carboxylic acids is 2. The smallest absolute Gasteiger partial charge is 0.430 e. The van der Waals surface area contributed by atoms with Crippen LogP contribution in [0.25, 0.3) is 10.6 Å². The number of rotatable bonds is 4. The summed E-state index contributed by atoms with van der Waals surface area (Å²) in [5.41, 5.74) is 1.34. The van der Waals surface area contributed by atoms with Crippen molar-refractivity contribution in [2.75, 3.05) is 0 Å². The molecule has 2 rings (SSSR count). The van der Waals surface area contributed by atoms with Crippen molar-refractivity contribution >= 4 is 23.3 Å². The van der Waals surface area contributed by atoms with Crippen molar-refractivity contribution in [3.8, 4) is 16.6 Å². The highest BCUT2D eigenvalue weighted by molar-refractivity contribution is 7.13. The van der Waals surface area contributed by atoms with Crippen molar-refractivity contribution < 1.29 is 37.5 Å². The number of carbonyl (C=O) groups is 2. The van der Waals surface area contributed by atoms with Crippen molar-refractivity contribution in [3.05, 3.63) is 35.6 Å². The molecule has 0 spiro atoms. The molecule has 2 heterocycles. The van der Waals surface area contributed by atoms with Crippen LogP contribution in [0.5, 0.6) is 0 Å². The van der Waals surface area contributed by atoms with Crippen molar-refractivity contribution in [3.63, 3.8) is 0 Å². The van der Waals surface area contributed by atoms with Gasteiger partial charge in [0.2, 0.25) is 0 Å². The molecule has 0 unspecified atom stereocenters. The third kappa shape index (κ3) is 6.96. The number of aryl methyl sites for hydroxylation is 1. The number of carboxylic acids is 2.